The van der Waals surface area contributed by atoms with E-state index in [-0.39, 0.29) is 29.0 Å². The molecule has 0 heterocycles. The summed E-state index contributed by atoms with van der Waals surface area (Å²) in [6.07, 6.45) is -1.23. The summed E-state index contributed by atoms with van der Waals surface area (Å²) in [5.41, 5.74) is -0.403. The molecule has 0 amide bonds. The van der Waals surface area contributed by atoms with Gasteiger partial charge >= 0.3 is 11.7 Å². The monoisotopic (exact) mass is 323 g/mol. The van der Waals surface area contributed by atoms with Gasteiger partial charge in [0, 0.05) is 18.7 Å². The van der Waals surface area contributed by atoms with Crippen LogP contribution < -0.4 is 4.74 Å². The smallest absolute Gasteiger partial charge is 0.336 e. The van der Waals surface area contributed by atoms with Crippen LogP contribution in [-0.2, 0) is 9.53 Å². The first-order valence-electron chi connectivity index (χ1n) is 5.47. The van der Waals surface area contributed by atoms with Crippen LogP contribution in [0, 0.1) is 10.1 Å². The number of carboxylic acids is 1. The highest BCUT2D eigenvalue weighted by Gasteiger charge is 2.23. The lowest BCUT2D eigenvalue weighted by molar-refractivity contribution is -0.385. The minimum atomic E-state index is -1.23. The molecule has 0 bridgehead atoms. The van der Waals surface area contributed by atoms with Crippen molar-refractivity contribution in [2.75, 3.05) is 13.2 Å². The fraction of sp³-hybridized carbons (Fsp3) is 0.364. The van der Waals surface area contributed by atoms with Crippen molar-refractivity contribution in [1.29, 1.82) is 0 Å². The fourth-order valence-electron chi connectivity index (χ4n) is 1.33. The summed E-state index contributed by atoms with van der Waals surface area (Å²) in [5.74, 6) is -1.40. The second kappa shape index (κ2) is 7.28. The average Bonchev–Trinajstić information content (AvgIpc) is 2.37. The highest BCUT2D eigenvalue weighted by Crippen LogP contribution is 2.35. The summed E-state index contributed by atoms with van der Waals surface area (Å²) in [6, 6.07) is 2.20. The van der Waals surface area contributed by atoms with Crippen LogP contribution in [0.3, 0.4) is 0 Å². The van der Waals surface area contributed by atoms with Gasteiger partial charge in [-0.3, -0.25) is 10.1 Å². The summed E-state index contributed by atoms with van der Waals surface area (Å²) < 4.78 is 10.0. The summed E-state index contributed by atoms with van der Waals surface area (Å²) in [6.45, 7) is 1.41. The first-order chi connectivity index (χ1) is 9.36. The van der Waals surface area contributed by atoms with E-state index >= 15 is 0 Å². The molecular weight excluding hydrogens is 313 g/mol. The van der Waals surface area contributed by atoms with E-state index in [0.29, 0.717) is 0 Å². The third-order valence-electron chi connectivity index (χ3n) is 2.23. The number of nitro benzene ring substituents is 1. The van der Waals surface area contributed by atoms with Gasteiger partial charge in [0.25, 0.3) is 0 Å². The topological polar surface area (TPSA) is 98.9 Å². The second-order valence-electron chi connectivity index (χ2n) is 3.58. The fourth-order valence-corrected chi connectivity index (χ4v) is 1.65. The Morgan fingerprint density at radius 3 is 2.55 bits per heavy atom. The Kier molecular flexibility index (Phi) is 6.00. The van der Waals surface area contributed by atoms with Crippen LogP contribution in [-0.4, -0.2) is 35.3 Å². The zero-order valence-electron chi connectivity index (χ0n) is 10.3. The van der Waals surface area contributed by atoms with Crippen LogP contribution in [0.25, 0.3) is 0 Å². The van der Waals surface area contributed by atoms with Gasteiger partial charge in [-0.1, -0.05) is 23.2 Å². The van der Waals surface area contributed by atoms with E-state index in [1.54, 1.807) is 6.92 Å². The lowest BCUT2D eigenvalue weighted by Gasteiger charge is -2.14. The van der Waals surface area contributed by atoms with E-state index < -0.39 is 22.7 Å². The van der Waals surface area contributed by atoms with Gasteiger partial charge in [-0.05, 0) is 6.92 Å². The number of hydrogen-bond acceptors (Lipinski definition) is 5. The molecular formula is C11H11Cl2NO6. The van der Waals surface area contributed by atoms with Gasteiger partial charge in [0.15, 0.2) is 11.9 Å². The van der Waals surface area contributed by atoms with Crippen molar-refractivity contribution in [3.63, 3.8) is 0 Å². The van der Waals surface area contributed by atoms with Crippen molar-refractivity contribution >= 4 is 34.9 Å². The third-order valence-corrected chi connectivity index (χ3v) is 2.95. The predicted molar refractivity (Wildman–Crippen MR) is 71.7 cm³/mol. The molecule has 9 heteroatoms. The average molecular weight is 324 g/mol. The number of rotatable bonds is 7. The maximum Gasteiger partial charge on any atom is 0.336 e. The zero-order chi connectivity index (χ0) is 15.3. The summed E-state index contributed by atoms with van der Waals surface area (Å²) in [4.78, 5) is 21.0. The maximum absolute atomic E-state index is 10.9. The van der Waals surface area contributed by atoms with Crippen molar-refractivity contribution in [3.05, 3.63) is 32.3 Å². The Morgan fingerprint density at radius 2 is 2.05 bits per heavy atom. The molecule has 1 aromatic carbocycles. The maximum atomic E-state index is 10.9. The van der Waals surface area contributed by atoms with Gasteiger partial charge in [-0.15, -0.1) is 0 Å². The highest BCUT2D eigenvalue weighted by atomic mass is 35.5. The molecule has 0 fully saturated rings. The molecule has 1 unspecified atom stereocenters. The number of carboxylic acid groups (broad SMARTS) is 1. The number of nitro groups is 1. The van der Waals surface area contributed by atoms with Gasteiger partial charge in [-0.25, -0.2) is 4.79 Å². The van der Waals surface area contributed by atoms with Gasteiger partial charge in [0.1, 0.15) is 6.61 Å². The summed E-state index contributed by atoms with van der Waals surface area (Å²) in [7, 11) is 0. The Hall–Kier alpha value is -1.57. The molecule has 20 heavy (non-hydrogen) atoms. The zero-order valence-corrected chi connectivity index (χ0v) is 11.8. The number of nitrogens with zero attached hydrogens (tertiary/aromatic N) is 1. The molecule has 0 saturated carbocycles. The number of halogens is 2. The molecule has 7 nitrogen and oxygen atoms in total. The summed E-state index contributed by atoms with van der Waals surface area (Å²) in [5, 5.41) is 19.8. The van der Waals surface area contributed by atoms with Crippen molar-refractivity contribution < 1.29 is 24.3 Å². The Bertz CT molecular complexity index is 522. The molecule has 0 aliphatic carbocycles. The summed E-state index contributed by atoms with van der Waals surface area (Å²) >= 11 is 11.4. The van der Waals surface area contributed by atoms with Crippen LogP contribution in [0.1, 0.15) is 6.92 Å². The molecule has 0 aromatic heterocycles. The van der Waals surface area contributed by atoms with Crippen molar-refractivity contribution in [2.24, 2.45) is 0 Å². The van der Waals surface area contributed by atoms with Crippen LogP contribution >= 0.6 is 23.2 Å². The number of aliphatic carboxylic acids is 1. The number of carbonyl (C=O) groups is 1. The lowest BCUT2D eigenvalue weighted by Crippen LogP contribution is -2.30. The first-order valence-corrected chi connectivity index (χ1v) is 6.23. The van der Waals surface area contributed by atoms with Crippen LogP contribution in [0.15, 0.2) is 12.1 Å². The number of benzene rings is 1. The van der Waals surface area contributed by atoms with Crippen molar-refractivity contribution in [3.8, 4) is 5.75 Å². The highest BCUT2D eigenvalue weighted by molar-refractivity contribution is 6.42. The molecule has 1 rings (SSSR count). The van der Waals surface area contributed by atoms with Gasteiger partial charge < -0.3 is 14.6 Å². The predicted octanol–water partition coefficient (Wildman–Crippen LogP) is 2.77. The molecule has 1 atom stereocenters. The molecule has 1 aromatic rings. The van der Waals surface area contributed by atoms with E-state index in [1.807, 2.05) is 0 Å². The second-order valence-corrected chi connectivity index (χ2v) is 4.40. The first kappa shape index (κ1) is 16.5. The van der Waals surface area contributed by atoms with E-state index in [0.717, 1.165) is 12.1 Å². The molecule has 0 radical (unpaired) electrons. The minimum absolute atomic E-state index is 0.00492. The molecule has 0 spiro atoms. The van der Waals surface area contributed by atoms with Gasteiger partial charge in [0.2, 0.25) is 0 Å². The molecule has 0 aliphatic heterocycles. The van der Waals surface area contributed by atoms with Crippen molar-refractivity contribution in [1.82, 2.24) is 0 Å². The van der Waals surface area contributed by atoms with E-state index in [1.165, 1.54) is 0 Å². The Labute approximate surface area is 124 Å². The molecule has 0 aliphatic rings. The van der Waals surface area contributed by atoms with E-state index in [9.17, 15) is 14.9 Å². The number of hydrogen-bond donors (Lipinski definition) is 1. The molecule has 110 valence electrons. The number of ether oxygens (including phenoxy) is 2. The van der Waals surface area contributed by atoms with Crippen LogP contribution in [0.2, 0.25) is 10.0 Å². The van der Waals surface area contributed by atoms with Gasteiger partial charge in [0.05, 0.1) is 15.0 Å². The third kappa shape index (κ3) is 4.22. The van der Waals surface area contributed by atoms with Gasteiger partial charge in [-0.2, -0.15) is 0 Å². The molecule has 1 N–H and O–H groups in total. The van der Waals surface area contributed by atoms with E-state index in [4.69, 9.17) is 37.8 Å². The van der Waals surface area contributed by atoms with Crippen molar-refractivity contribution in [2.45, 2.75) is 13.0 Å². The lowest BCUT2D eigenvalue weighted by atomic mass is 10.3. The Balaban J connectivity index is 2.93. The van der Waals surface area contributed by atoms with E-state index in [2.05, 4.69) is 0 Å². The van der Waals surface area contributed by atoms with Crippen LogP contribution in [0.5, 0.6) is 5.75 Å². The Morgan fingerprint density at radius 1 is 1.45 bits per heavy atom. The largest absolute Gasteiger partial charge is 0.483 e. The van der Waals surface area contributed by atoms with Crippen LogP contribution in [0.4, 0.5) is 5.69 Å². The SMILES string of the molecule is CCOC(COc1cc(Cl)c(Cl)cc1[N+](=O)[O-])C(=O)O. The minimum Gasteiger partial charge on any atom is -0.483 e. The standard InChI is InChI=1S/C11H11Cl2NO6/c1-2-19-10(11(15)16)5-20-9-4-7(13)6(12)3-8(9)14(17)18/h3-4,10H,2,5H2,1H3,(H,15,16). The molecule has 0 saturated heterocycles. The quantitative estimate of drug-likeness (QED) is 0.611. The normalized spacial score (nSPS) is 11.9.